The van der Waals surface area contributed by atoms with Crippen LogP contribution in [0.5, 0.6) is 5.75 Å². The van der Waals surface area contributed by atoms with Crippen molar-refractivity contribution in [3.63, 3.8) is 0 Å². The highest BCUT2D eigenvalue weighted by molar-refractivity contribution is 9.10. The Bertz CT molecular complexity index is 716. The number of rotatable bonds is 3. The van der Waals surface area contributed by atoms with E-state index in [2.05, 4.69) is 26.6 Å². The molecule has 2 rings (SSSR count). The van der Waals surface area contributed by atoms with Gasteiger partial charge in [-0.05, 0) is 42.8 Å². The molecule has 0 saturated carbocycles. The molecule has 0 atom stereocenters. The molecule has 2 N–H and O–H groups in total. The summed E-state index contributed by atoms with van der Waals surface area (Å²) in [6.45, 7) is 3.23. The number of nitrogens with one attached hydrogen (secondary N) is 2. The standard InChI is InChI=1S/C16H15BrN2O3/c1-10-8-12(17)6-7-15(10)19-16(21)18-13-4-3-5-14(9-13)22-11(2)20/h3-9H,1-2H3,(H2,18,19,21). The van der Waals surface area contributed by atoms with Crippen LogP contribution in [0, 0.1) is 6.92 Å². The summed E-state index contributed by atoms with van der Waals surface area (Å²) in [6, 6.07) is 11.8. The minimum Gasteiger partial charge on any atom is -0.427 e. The Morgan fingerprint density at radius 2 is 1.86 bits per heavy atom. The molecule has 0 bridgehead atoms. The maximum atomic E-state index is 12.0. The fourth-order valence-electron chi connectivity index (χ4n) is 1.86. The van der Waals surface area contributed by atoms with E-state index in [1.54, 1.807) is 24.3 Å². The Balaban J connectivity index is 2.04. The molecular weight excluding hydrogens is 348 g/mol. The summed E-state index contributed by atoms with van der Waals surface area (Å²) in [6.07, 6.45) is 0. The third-order valence-corrected chi connectivity index (χ3v) is 3.28. The summed E-state index contributed by atoms with van der Waals surface area (Å²) in [5, 5.41) is 5.46. The number of aryl methyl sites for hydroxylation is 1. The highest BCUT2D eigenvalue weighted by Gasteiger charge is 2.06. The number of halogens is 1. The Morgan fingerprint density at radius 1 is 1.09 bits per heavy atom. The van der Waals surface area contributed by atoms with Gasteiger partial charge in [-0.3, -0.25) is 4.79 Å². The first-order chi connectivity index (χ1) is 10.4. The number of hydrogen-bond acceptors (Lipinski definition) is 3. The lowest BCUT2D eigenvalue weighted by molar-refractivity contribution is -0.131. The number of amides is 2. The minimum atomic E-state index is -0.410. The molecule has 0 unspecified atom stereocenters. The molecule has 2 amide bonds. The summed E-state index contributed by atoms with van der Waals surface area (Å²) >= 11 is 3.37. The van der Waals surface area contributed by atoms with Crippen LogP contribution in [0.3, 0.4) is 0 Å². The summed E-state index contributed by atoms with van der Waals surface area (Å²) in [5.74, 6) is -0.0304. The predicted octanol–water partition coefficient (Wildman–Crippen LogP) is 4.33. The second-order valence-corrected chi connectivity index (χ2v) is 5.58. The van der Waals surface area contributed by atoms with Crippen LogP contribution < -0.4 is 15.4 Å². The molecule has 0 fully saturated rings. The number of benzene rings is 2. The fourth-order valence-corrected chi connectivity index (χ4v) is 2.33. The zero-order valence-corrected chi connectivity index (χ0v) is 13.7. The topological polar surface area (TPSA) is 67.4 Å². The first-order valence-corrected chi connectivity index (χ1v) is 7.36. The molecule has 0 heterocycles. The maximum absolute atomic E-state index is 12.0. The van der Waals surface area contributed by atoms with Crippen molar-refractivity contribution in [1.29, 1.82) is 0 Å². The van der Waals surface area contributed by atoms with Crippen LogP contribution in [-0.4, -0.2) is 12.0 Å². The average molecular weight is 363 g/mol. The van der Waals surface area contributed by atoms with Crippen molar-refractivity contribution >= 4 is 39.3 Å². The molecule has 0 saturated heterocycles. The van der Waals surface area contributed by atoms with Gasteiger partial charge in [0.2, 0.25) is 0 Å². The SMILES string of the molecule is CC(=O)Oc1cccc(NC(=O)Nc2ccc(Br)cc2C)c1. The molecule has 0 aliphatic heterocycles. The van der Waals surface area contributed by atoms with Crippen molar-refractivity contribution in [2.75, 3.05) is 10.6 Å². The number of ether oxygens (including phenoxy) is 1. The Hall–Kier alpha value is -2.34. The summed E-state index contributed by atoms with van der Waals surface area (Å²) in [7, 11) is 0. The van der Waals surface area contributed by atoms with Crippen LogP contribution >= 0.6 is 15.9 Å². The van der Waals surface area contributed by atoms with E-state index in [0.717, 1.165) is 15.7 Å². The Labute approximate surface area is 136 Å². The predicted molar refractivity (Wildman–Crippen MR) is 89.3 cm³/mol. The summed E-state index contributed by atoms with van der Waals surface area (Å²) < 4.78 is 5.92. The van der Waals surface area contributed by atoms with Crippen LogP contribution in [0.15, 0.2) is 46.9 Å². The monoisotopic (exact) mass is 362 g/mol. The fraction of sp³-hybridized carbons (Fsp3) is 0.125. The number of hydrogen-bond donors (Lipinski definition) is 2. The van der Waals surface area contributed by atoms with E-state index in [4.69, 9.17) is 4.74 Å². The molecule has 114 valence electrons. The molecule has 0 spiro atoms. The Morgan fingerprint density at radius 3 is 2.55 bits per heavy atom. The van der Waals surface area contributed by atoms with E-state index in [1.807, 2.05) is 25.1 Å². The molecule has 22 heavy (non-hydrogen) atoms. The van der Waals surface area contributed by atoms with E-state index < -0.39 is 5.97 Å². The normalized spacial score (nSPS) is 9.95. The lowest BCUT2D eigenvalue weighted by Gasteiger charge is -2.11. The average Bonchev–Trinajstić information content (AvgIpc) is 2.41. The maximum Gasteiger partial charge on any atom is 0.323 e. The van der Waals surface area contributed by atoms with Gasteiger partial charge < -0.3 is 15.4 Å². The van der Waals surface area contributed by atoms with E-state index in [9.17, 15) is 9.59 Å². The van der Waals surface area contributed by atoms with Crippen molar-refractivity contribution in [2.45, 2.75) is 13.8 Å². The van der Waals surface area contributed by atoms with Gasteiger partial charge in [-0.1, -0.05) is 22.0 Å². The van der Waals surface area contributed by atoms with Gasteiger partial charge in [-0.15, -0.1) is 0 Å². The smallest absolute Gasteiger partial charge is 0.323 e. The lowest BCUT2D eigenvalue weighted by Crippen LogP contribution is -2.20. The highest BCUT2D eigenvalue weighted by atomic mass is 79.9. The van der Waals surface area contributed by atoms with Crippen molar-refractivity contribution in [2.24, 2.45) is 0 Å². The van der Waals surface area contributed by atoms with Crippen molar-refractivity contribution in [3.8, 4) is 5.75 Å². The van der Waals surface area contributed by atoms with Crippen molar-refractivity contribution in [1.82, 2.24) is 0 Å². The van der Waals surface area contributed by atoms with Crippen LogP contribution in [0.2, 0.25) is 0 Å². The van der Waals surface area contributed by atoms with Gasteiger partial charge >= 0.3 is 12.0 Å². The number of carbonyl (C=O) groups excluding carboxylic acids is 2. The molecule has 2 aromatic carbocycles. The first kappa shape index (κ1) is 16.0. The summed E-state index contributed by atoms with van der Waals surface area (Å²) in [5.41, 5.74) is 2.20. The molecular formula is C16H15BrN2O3. The van der Waals surface area contributed by atoms with Gasteiger partial charge in [0.15, 0.2) is 0 Å². The van der Waals surface area contributed by atoms with Gasteiger partial charge in [0, 0.05) is 28.8 Å². The molecule has 0 aliphatic carbocycles. The third kappa shape index (κ3) is 4.60. The molecule has 0 aliphatic rings. The zero-order chi connectivity index (χ0) is 16.1. The van der Waals surface area contributed by atoms with Crippen LogP contribution in [0.1, 0.15) is 12.5 Å². The van der Waals surface area contributed by atoms with Gasteiger partial charge in [-0.2, -0.15) is 0 Å². The molecule has 2 aromatic rings. The summed E-state index contributed by atoms with van der Waals surface area (Å²) in [4.78, 5) is 22.9. The van der Waals surface area contributed by atoms with Gasteiger partial charge in [0.05, 0.1) is 0 Å². The van der Waals surface area contributed by atoms with Crippen molar-refractivity contribution in [3.05, 3.63) is 52.5 Å². The molecule has 0 radical (unpaired) electrons. The van der Waals surface area contributed by atoms with E-state index >= 15 is 0 Å². The number of carbonyl (C=O) groups is 2. The van der Waals surface area contributed by atoms with Crippen LogP contribution in [0.25, 0.3) is 0 Å². The number of anilines is 2. The molecule has 5 nitrogen and oxygen atoms in total. The highest BCUT2D eigenvalue weighted by Crippen LogP contribution is 2.21. The second-order valence-electron chi connectivity index (χ2n) is 4.66. The zero-order valence-electron chi connectivity index (χ0n) is 12.1. The van der Waals surface area contributed by atoms with E-state index in [1.165, 1.54) is 6.92 Å². The van der Waals surface area contributed by atoms with Gasteiger partial charge in [0.1, 0.15) is 5.75 Å². The quantitative estimate of drug-likeness (QED) is 0.630. The van der Waals surface area contributed by atoms with Crippen LogP contribution in [-0.2, 0) is 4.79 Å². The van der Waals surface area contributed by atoms with E-state index in [0.29, 0.717) is 11.4 Å². The largest absolute Gasteiger partial charge is 0.427 e. The minimum absolute atomic E-state index is 0.370. The lowest BCUT2D eigenvalue weighted by atomic mass is 10.2. The van der Waals surface area contributed by atoms with E-state index in [-0.39, 0.29) is 6.03 Å². The molecule has 0 aromatic heterocycles. The number of esters is 1. The van der Waals surface area contributed by atoms with Crippen molar-refractivity contribution < 1.29 is 14.3 Å². The van der Waals surface area contributed by atoms with Crippen LogP contribution in [0.4, 0.5) is 16.2 Å². The first-order valence-electron chi connectivity index (χ1n) is 6.56. The van der Waals surface area contributed by atoms with Gasteiger partial charge in [-0.25, -0.2) is 4.79 Å². The van der Waals surface area contributed by atoms with Gasteiger partial charge in [0.25, 0.3) is 0 Å². The number of urea groups is 1. The molecule has 6 heteroatoms. The second kappa shape index (κ2) is 7.09. The Kier molecular flexibility index (Phi) is 5.16. The third-order valence-electron chi connectivity index (χ3n) is 2.79.